The van der Waals surface area contributed by atoms with Crippen molar-refractivity contribution < 1.29 is 19.0 Å². The van der Waals surface area contributed by atoms with Crippen LogP contribution < -0.4 is 14.2 Å². The Kier molecular flexibility index (Phi) is 30.0. The topological polar surface area (TPSA) is 44.8 Å². The van der Waals surface area contributed by atoms with Gasteiger partial charge in [-0.2, -0.15) is 0 Å². The highest BCUT2D eigenvalue weighted by Crippen LogP contribution is 2.42. The summed E-state index contributed by atoms with van der Waals surface area (Å²) in [6.45, 7) is 8.88. The minimum Gasteiger partial charge on any atom is -0.490 e. The van der Waals surface area contributed by atoms with Gasteiger partial charge in [0.2, 0.25) is 5.75 Å². The zero-order chi connectivity index (χ0) is 37.9. The lowest BCUT2D eigenvalue weighted by Crippen LogP contribution is -2.07. The third-order valence-corrected chi connectivity index (χ3v) is 10.7. The first-order chi connectivity index (χ1) is 26.2. The predicted octanol–water partition coefficient (Wildman–Crippen LogP) is 16.1. The van der Waals surface area contributed by atoms with E-state index in [9.17, 15) is 4.79 Å². The van der Waals surface area contributed by atoms with Crippen LogP contribution in [0.2, 0.25) is 0 Å². The molecule has 0 saturated carbocycles. The van der Waals surface area contributed by atoms with Gasteiger partial charge in [0.1, 0.15) is 6.29 Å². The highest BCUT2D eigenvalue weighted by atomic mass is 16.5. The number of hydrogen-bond acceptors (Lipinski definition) is 4. The van der Waals surface area contributed by atoms with E-state index in [2.05, 4.69) is 32.9 Å². The highest BCUT2D eigenvalue weighted by Gasteiger charge is 2.17. The first-order valence-corrected chi connectivity index (χ1v) is 22.9. The Morgan fingerprint density at radius 3 is 1.00 bits per heavy atom. The smallest absolute Gasteiger partial charge is 0.203 e. The fourth-order valence-corrected chi connectivity index (χ4v) is 7.16. The minimum atomic E-state index is 0.674. The summed E-state index contributed by atoms with van der Waals surface area (Å²) in [6.07, 6.45) is 40.0. The van der Waals surface area contributed by atoms with E-state index in [-0.39, 0.29) is 0 Å². The molecule has 0 amide bonds. The molecule has 0 aromatic heterocycles. The summed E-state index contributed by atoms with van der Waals surface area (Å²) in [5, 5.41) is 0. The lowest BCUT2D eigenvalue weighted by molar-refractivity contribution is 0.112. The third-order valence-electron chi connectivity index (χ3n) is 10.7. The molecule has 0 N–H and O–H groups in total. The second kappa shape index (κ2) is 34.0. The zero-order valence-corrected chi connectivity index (χ0v) is 35.0. The van der Waals surface area contributed by atoms with Crippen molar-refractivity contribution in [2.45, 2.75) is 213 Å². The molecule has 0 heterocycles. The molecule has 4 nitrogen and oxygen atoms in total. The van der Waals surface area contributed by atoms with Crippen LogP contribution in [0.3, 0.4) is 0 Å². The molecule has 2 rings (SSSR count). The summed E-state index contributed by atoms with van der Waals surface area (Å²) < 4.78 is 19.7. The lowest BCUT2D eigenvalue weighted by atomic mass is 10.0. The molecular weight excluding hydrogens is 653 g/mol. The largest absolute Gasteiger partial charge is 0.490 e. The molecule has 0 bridgehead atoms. The maximum atomic E-state index is 11.4. The van der Waals surface area contributed by atoms with Crippen molar-refractivity contribution in [3.63, 3.8) is 0 Å². The van der Waals surface area contributed by atoms with Gasteiger partial charge in [-0.25, -0.2) is 0 Å². The fraction of sp³-hybridized carbons (Fsp3) is 0.735. The fourth-order valence-electron chi connectivity index (χ4n) is 7.16. The maximum absolute atomic E-state index is 11.4. The van der Waals surface area contributed by atoms with E-state index in [0.717, 1.165) is 53.9 Å². The Hall–Kier alpha value is -2.49. The van der Waals surface area contributed by atoms with E-state index in [1.54, 1.807) is 0 Å². The predicted molar refractivity (Wildman–Crippen MR) is 229 cm³/mol. The number of carbonyl (C=O) groups excluding carboxylic acids is 1. The van der Waals surface area contributed by atoms with Gasteiger partial charge in [-0.3, -0.25) is 4.79 Å². The van der Waals surface area contributed by atoms with Crippen LogP contribution in [0.5, 0.6) is 17.2 Å². The molecule has 0 atom stereocenters. The third kappa shape index (κ3) is 23.8. The molecule has 0 unspecified atom stereocenters. The Labute approximate surface area is 327 Å². The molecular formula is C49H82O4. The molecule has 0 aliphatic rings. The van der Waals surface area contributed by atoms with Gasteiger partial charge >= 0.3 is 0 Å². The van der Waals surface area contributed by atoms with Gasteiger partial charge in [-0.05, 0) is 42.5 Å². The van der Waals surface area contributed by atoms with Crippen molar-refractivity contribution in [2.75, 3.05) is 19.8 Å². The molecule has 0 saturated heterocycles. The molecule has 302 valence electrons. The zero-order valence-electron chi connectivity index (χ0n) is 35.0. The van der Waals surface area contributed by atoms with Crippen molar-refractivity contribution in [2.24, 2.45) is 0 Å². The molecule has 2 aromatic rings. The SMILES string of the molecule is CCCCCCCCCCCCOc1cc(-c2ccc(C=O)cc2)cc(OCCCCCCCCCCCC)c1OCCCCCCCCCCCC. The monoisotopic (exact) mass is 735 g/mol. The Bertz CT molecular complexity index is 1060. The normalized spacial score (nSPS) is 11.2. The summed E-state index contributed by atoms with van der Waals surface area (Å²) >= 11 is 0. The van der Waals surface area contributed by atoms with E-state index in [0.29, 0.717) is 25.4 Å². The molecule has 0 aliphatic heterocycles. The molecule has 0 fully saturated rings. The van der Waals surface area contributed by atoms with Crippen molar-refractivity contribution in [1.29, 1.82) is 0 Å². The number of ether oxygens (including phenoxy) is 3. The van der Waals surface area contributed by atoms with Gasteiger partial charge in [-0.15, -0.1) is 0 Å². The van der Waals surface area contributed by atoms with Crippen LogP contribution in [0.25, 0.3) is 11.1 Å². The second-order valence-electron chi connectivity index (χ2n) is 15.6. The Balaban J connectivity index is 2.02. The first kappa shape index (κ1) is 46.7. The number of hydrogen-bond donors (Lipinski definition) is 0. The Morgan fingerprint density at radius 1 is 0.377 bits per heavy atom. The maximum Gasteiger partial charge on any atom is 0.203 e. The summed E-state index contributed by atoms with van der Waals surface area (Å²) in [5.41, 5.74) is 2.76. The second-order valence-corrected chi connectivity index (χ2v) is 15.6. The highest BCUT2D eigenvalue weighted by molar-refractivity contribution is 5.78. The van der Waals surface area contributed by atoms with Crippen LogP contribution in [0.15, 0.2) is 36.4 Å². The average molecular weight is 735 g/mol. The van der Waals surface area contributed by atoms with Gasteiger partial charge in [-0.1, -0.05) is 218 Å². The van der Waals surface area contributed by atoms with Gasteiger partial charge < -0.3 is 14.2 Å². The minimum absolute atomic E-state index is 0.674. The molecule has 0 radical (unpaired) electrons. The number of unbranched alkanes of at least 4 members (excludes halogenated alkanes) is 27. The standard InChI is InChI=1S/C49H82O4/c1-4-7-10-13-16-19-22-25-28-31-38-51-47-41-46(45-36-34-44(43-50)35-37-45)42-48(52-39-32-29-26-23-20-17-14-11-8-5-2)49(47)53-40-33-30-27-24-21-18-15-12-9-6-3/h34-37,41-43H,4-33,38-40H2,1-3H3. The molecule has 4 heteroatoms. The molecule has 53 heavy (non-hydrogen) atoms. The van der Waals surface area contributed by atoms with Crippen LogP contribution >= 0.6 is 0 Å². The first-order valence-electron chi connectivity index (χ1n) is 22.9. The molecule has 0 spiro atoms. The number of rotatable bonds is 38. The van der Waals surface area contributed by atoms with Gasteiger partial charge in [0, 0.05) is 5.56 Å². The van der Waals surface area contributed by atoms with Crippen molar-refractivity contribution >= 4 is 6.29 Å². The van der Waals surface area contributed by atoms with Crippen LogP contribution in [0.4, 0.5) is 0 Å². The number of benzene rings is 2. The Morgan fingerprint density at radius 2 is 0.679 bits per heavy atom. The van der Waals surface area contributed by atoms with Crippen molar-refractivity contribution in [3.05, 3.63) is 42.0 Å². The number of carbonyl (C=O) groups is 1. The van der Waals surface area contributed by atoms with E-state index in [1.165, 1.54) is 173 Å². The van der Waals surface area contributed by atoms with E-state index in [4.69, 9.17) is 14.2 Å². The summed E-state index contributed by atoms with van der Waals surface area (Å²) in [4.78, 5) is 11.4. The molecule has 0 aliphatic carbocycles. The van der Waals surface area contributed by atoms with Gasteiger partial charge in [0.05, 0.1) is 19.8 Å². The van der Waals surface area contributed by atoms with E-state index in [1.807, 2.05) is 24.3 Å². The average Bonchev–Trinajstić information content (AvgIpc) is 3.18. The summed E-state index contributed by atoms with van der Waals surface area (Å²) in [7, 11) is 0. The van der Waals surface area contributed by atoms with E-state index < -0.39 is 0 Å². The number of aldehydes is 1. The summed E-state index contributed by atoms with van der Waals surface area (Å²) in [6, 6.07) is 12.0. The summed E-state index contributed by atoms with van der Waals surface area (Å²) in [5.74, 6) is 2.32. The van der Waals surface area contributed by atoms with Crippen LogP contribution in [0.1, 0.15) is 224 Å². The van der Waals surface area contributed by atoms with Crippen LogP contribution in [-0.4, -0.2) is 26.1 Å². The lowest BCUT2D eigenvalue weighted by Gasteiger charge is -2.19. The molecule has 2 aromatic carbocycles. The quantitative estimate of drug-likeness (QED) is 0.0509. The van der Waals surface area contributed by atoms with Gasteiger partial charge in [0.15, 0.2) is 11.5 Å². The van der Waals surface area contributed by atoms with Crippen LogP contribution in [0, 0.1) is 0 Å². The van der Waals surface area contributed by atoms with E-state index >= 15 is 0 Å². The van der Waals surface area contributed by atoms with Crippen molar-refractivity contribution in [1.82, 2.24) is 0 Å². The van der Waals surface area contributed by atoms with Crippen LogP contribution in [-0.2, 0) is 0 Å². The van der Waals surface area contributed by atoms with Gasteiger partial charge in [0.25, 0.3) is 0 Å². The van der Waals surface area contributed by atoms with Crippen molar-refractivity contribution in [3.8, 4) is 28.4 Å².